The quantitative estimate of drug-likeness (QED) is 0.535. The van der Waals surface area contributed by atoms with Crippen LogP contribution >= 0.6 is 0 Å². The third-order valence-electron chi connectivity index (χ3n) is 5.54. The second-order valence-electron chi connectivity index (χ2n) is 7.96. The molecule has 1 heterocycles. The van der Waals surface area contributed by atoms with Crippen LogP contribution < -0.4 is 0 Å². The van der Waals surface area contributed by atoms with Crippen LogP contribution in [0.25, 0.3) is 0 Å². The van der Waals surface area contributed by atoms with Gasteiger partial charge in [0.05, 0.1) is 23.8 Å². The first-order chi connectivity index (χ1) is 16.5. The Morgan fingerprint density at radius 1 is 0.735 bits per heavy atom. The molecule has 1 aliphatic rings. The number of hydrogen-bond acceptors (Lipinski definition) is 7. The van der Waals surface area contributed by atoms with Crippen molar-refractivity contribution in [1.82, 2.24) is 0 Å². The van der Waals surface area contributed by atoms with Crippen molar-refractivity contribution in [3.63, 3.8) is 0 Å². The number of aliphatic hydroxyl groups is 1. The summed E-state index contributed by atoms with van der Waals surface area (Å²) in [6.45, 7) is 1.82. The molecule has 176 valence electrons. The van der Waals surface area contributed by atoms with E-state index in [1.807, 2.05) is 30.3 Å². The summed E-state index contributed by atoms with van der Waals surface area (Å²) in [5.74, 6) is -1.22. The molecule has 1 saturated heterocycles. The Morgan fingerprint density at radius 3 is 1.74 bits per heavy atom. The Labute approximate surface area is 197 Å². The van der Waals surface area contributed by atoms with Gasteiger partial charge in [-0.1, -0.05) is 66.7 Å². The Kier molecular flexibility index (Phi) is 7.69. The van der Waals surface area contributed by atoms with Gasteiger partial charge < -0.3 is 24.1 Å². The summed E-state index contributed by atoms with van der Waals surface area (Å²) in [5, 5.41) is 10.7. The van der Waals surface area contributed by atoms with E-state index in [1.54, 1.807) is 67.6 Å². The molecule has 4 rings (SSSR count). The van der Waals surface area contributed by atoms with Crippen LogP contribution in [-0.2, 0) is 25.6 Å². The molecule has 3 aromatic carbocycles. The van der Waals surface area contributed by atoms with Crippen LogP contribution in [0, 0.1) is 0 Å². The maximum absolute atomic E-state index is 12.8. The van der Waals surface area contributed by atoms with Crippen LogP contribution in [0.15, 0.2) is 91.0 Å². The molecule has 0 aliphatic carbocycles. The van der Waals surface area contributed by atoms with E-state index in [4.69, 9.17) is 18.9 Å². The maximum Gasteiger partial charge on any atom is 0.338 e. The number of carbonyl (C=O) groups is 2. The molecular weight excluding hydrogens is 436 g/mol. The smallest absolute Gasteiger partial charge is 0.338 e. The SMILES string of the molecule is C[C@@H]1O[C@@H](O)[C@H](OC(=O)c2ccccc2)[C@H](OCc2ccccc2)[C@H]1OC(=O)c1ccccc1. The highest BCUT2D eigenvalue weighted by molar-refractivity contribution is 5.90. The highest BCUT2D eigenvalue weighted by Crippen LogP contribution is 2.29. The molecule has 0 bridgehead atoms. The molecule has 3 aromatic rings. The summed E-state index contributed by atoms with van der Waals surface area (Å²) in [5.41, 5.74) is 1.55. The molecule has 0 spiro atoms. The van der Waals surface area contributed by atoms with E-state index in [-0.39, 0.29) is 6.61 Å². The zero-order valence-corrected chi connectivity index (χ0v) is 18.7. The minimum Gasteiger partial charge on any atom is -0.453 e. The lowest BCUT2D eigenvalue weighted by molar-refractivity contribution is -0.286. The van der Waals surface area contributed by atoms with Crippen molar-refractivity contribution in [2.24, 2.45) is 0 Å². The number of rotatable bonds is 7. The van der Waals surface area contributed by atoms with Gasteiger partial charge in [-0.3, -0.25) is 0 Å². The molecule has 0 amide bonds. The van der Waals surface area contributed by atoms with E-state index in [0.29, 0.717) is 11.1 Å². The van der Waals surface area contributed by atoms with Gasteiger partial charge in [0.2, 0.25) is 0 Å². The second kappa shape index (κ2) is 11.1. The average molecular weight is 462 g/mol. The molecule has 0 radical (unpaired) electrons. The van der Waals surface area contributed by atoms with Crippen molar-refractivity contribution in [1.29, 1.82) is 0 Å². The van der Waals surface area contributed by atoms with E-state index in [2.05, 4.69) is 0 Å². The molecular formula is C27H26O7. The fraction of sp³-hybridized carbons (Fsp3) is 0.259. The molecule has 5 atom stereocenters. The first-order valence-electron chi connectivity index (χ1n) is 11.0. The number of benzene rings is 3. The normalized spacial score (nSPS) is 24.2. The van der Waals surface area contributed by atoms with Crippen molar-refractivity contribution in [2.45, 2.75) is 44.2 Å². The minimum atomic E-state index is -1.46. The standard InChI is InChI=1S/C27H26O7/c1-18-22(33-25(28)20-13-7-3-8-14-20)23(31-17-19-11-5-2-6-12-19)24(27(30)32-18)34-26(29)21-15-9-4-10-16-21/h2-16,18,22-24,27,30H,17H2,1H3/t18-,22-,23+,24+,27+/m0/s1. The molecule has 0 unspecified atom stereocenters. The highest BCUT2D eigenvalue weighted by atomic mass is 16.7. The first-order valence-corrected chi connectivity index (χ1v) is 11.0. The predicted octanol–water partition coefficient (Wildman–Crippen LogP) is 3.76. The van der Waals surface area contributed by atoms with Gasteiger partial charge in [-0.15, -0.1) is 0 Å². The van der Waals surface area contributed by atoms with E-state index >= 15 is 0 Å². The van der Waals surface area contributed by atoms with E-state index in [9.17, 15) is 14.7 Å². The molecule has 7 heteroatoms. The number of carbonyl (C=O) groups excluding carboxylic acids is 2. The Hall–Kier alpha value is -3.52. The maximum atomic E-state index is 12.8. The highest BCUT2D eigenvalue weighted by Gasteiger charge is 2.49. The molecule has 0 saturated carbocycles. The van der Waals surface area contributed by atoms with Crippen LogP contribution in [0.1, 0.15) is 33.2 Å². The van der Waals surface area contributed by atoms with Crippen molar-refractivity contribution in [2.75, 3.05) is 0 Å². The summed E-state index contributed by atoms with van der Waals surface area (Å²) >= 11 is 0. The van der Waals surface area contributed by atoms with E-state index in [0.717, 1.165) is 5.56 Å². The fourth-order valence-electron chi connectivity index (χ4n) is 3.77. The van der Waals surface area contributed by atoms with Gasteiger partial charge in [0.25, 0.3) is 0 Å². The van der Waals surface area contributed by atoms with Crippen molar-refractivity contribution in [3.8, 4) is 0 Å². The largest absolute Gasteiger partial charge is 0.453 e. The predicted molar refractivity (Wildman–Crippen MR) is 123 cm³/mol. The van der Waals surface area contributed by atoms with Gasteiger partial charge in [-0.2, -0.15) is 0 Å². The summed E-state index contributed by atoms with van der Waals surface area (Å²) in [6.07, 6.45) is -5.31. The molecule has 1 fully saturated rings. The monoisotopic (exact) mass is 462 g/mol. The minimum absolute atomic E-state index is 0.156. The van der Waals surface area contributed by atoms with Crippen LogP contribution in [0.3, 0.4) is 0 Å². The first kappa shape index (κ1) is 23.6. The molecule has 7 nitrogen and oxygen atoms in total. The van der Waals surface area contributed by atoms with E-state index < -0.39 is 42.6 Å². The third-order valence-corrected chi connectivity index (χ3v) is 5.54. The van der Waals surface area contributed by atoms with Gasteiger partial charge in [0.15, 0.2) is 18.5 Å². The van der Waals surface area contributed by atoms with Gasteiger partial charge >= 0.3 is 11.9 Å². The fourth-order valence-corrected chi connectivity index (χ4v) is 3.77. The molecule has 1 aliphatic heterocycles. The lowest BCUT2D eigenvalue weighted by Crippen LogP contribution is -2.60. The number of ether oxygens (including phenoxy) is 4. The van der Waals surface area contributed by atoms with Gasteiger partial charge in [0.1, 0.15) is 6.10 Å². The van der Waals surface area contributed by atoms with Crippen molar-refractivity contribution < 1.29 is 33.6 Å². The number of aliphatic hydroxyl groups excluding tert-OH is 1. The Balaban J connectivity index is 1.59. The number of hydrogen-bond donors (Lipinski definition) is 1. The van der Waals surface area contributed by atoms with Crippen molar-refractivity contribution in [3.05, 3.63) is 108 Å². The Bertz CT molecular complexity index is 1010. The van der Waals surface area contributed by atoms with Gasteiger partial charge in [-0.25, -0.2) is 9.59 Å². The van der Waals surface area contributed by atoms with Crippen molar-refractivity contribution >= 4 is 11.9 Å². The summed E-state index contributed by atoms with van der Waals surface area (Å²) in [4.78, 5) is 25.6. The van der Waals surface area contributed by atoms with Crippen LogP contribution in [0.4, 0.5) is 0 Å². The zero-order chi connectivity index (χ0) is 23.9. The number of esters is 2. The second-order valence-corrected chi connectivity index (χ2v) is 7.96. The molecule has 34 heavy (non-hydrogen) atoms. The van der Waals surface area contributed by atoms with Gasteiger partial charge in [-0.05, 0) is 36.8 Å². The molecule has 0 aromatic heterocycles. The topological polar surface area (TPSA) is 91.3 Å². The summed E-state index contributed by atoms with van der Waals surface area (Å²) < 4.78 is 23.1. The summed E-state index contributed by atoms with van der Waals surface area (Å²) in [7, 11) is 0. The lowest BCUT2D eigenvalue weighted by atomic mass is 9.98. The third kappa shape index (κ3) is 5.69. The van der Waals surface area contributed by atoms with E-state index in [1.165, 1.54) is 0 Å². The average Bonchev–Trinajstić information content (AvgIpc) is 2.87. The lowest BCUT2D eigenvalue weighted by Gasteiger charge is -2.42. The van der Waals surface area contributed by atoms with Crippen LogP contribution in [0.5, 0.6) is 0 Å². The Morgan fingerprint density at radius 2 is 1.21 bits per heavy atom. The van der Waals surface area contributed by atoms with Gasteiger partial charge in [0, 0.05) is 0 Å². The van der Waals surface area contributed by atoms with Crippen LogP contribution in [-0.4, -0.2) is 47.8 Å². The van der Waals surface area contributed by atoms with Crippen LogP contribution in [0.2, 0.25) is 0 Å². The molecule has 1 N–H and O–H groups in total. The zero-order valence-electron chi connectivity index (χ0n) is 18.7. The summed E-state index contributed by atoms with van der Waals surface area (Å²) in [6, 6.07) is 26.3.